The maximum absolute atomic E-state index is 12.7. The van der Waals surface area contributed by atoms with Gasteiger partial charge in [0.2, 0.25) is 5.91 Å². The molecule has 0 spiro atoms. The SMILES string of the molecule is CCCCCn1cc(Br)c(C)c(NC(=O)C2CCCCCC2)c1=O. The Bertz CT molecular complexity index is 617. The van der Waals surface area contributed by atoms with E-state index in [1.165, 1.54) is 12.8 Å². The first kappa shape index (κ1) is 19.2. The first-order chi connectivity index (χ1) is 11.5. The lowest BCUT2D eigenvalue weighted by Crippen LogP contribution is -2.30. The number of hydrogen-bond acceptors (Lipinski definition) is 2. The van der Waals surface area contributed by atoms with Crippen molar-refractivity contribution in [1.29, 1.82) is 0 Å². The van der Waals surface area contributed by atoms with Crippen molar-refractivity contribution in [2.75, 3.05) is 5.32 Å². The van der Waals surface area contributed by atoms with Crippen molar-refractivity contribution in [3.63, 3.8) is 0 Å². The van der Waals surface area contributed by atoms with Crippen LogP contribution in [0.15, 0.2) is 15.5 Å². The van der Waals surface area contributed by atoms with Gasteiger partial charge >= 0.3 is 0 Å². The lowest BCUT2D eigenvalue weighted by molar-refractivity contribution is -0.120. The van der Waals surface area contributed by atoms with E-state index in [0.29, 0.717) is 12.2 Å². The summed E-state index contributed by atoms with van der Waals surface area (Å²) in [6, 6.07) is 0. The minimum atomic E-state index is -0.0891. The van der Waals surface area contributed by atoms with Crippen LogP contribution in [0.2, 0.25) is 0 Å². The molecule has 0 saturated heterocycles. The molecule has 1 heterocycles. The third-order valence-electron chi connectivity index (χ3n) is 4.95. The van der Waals surface area contributed by atoms with Crippen molar-refractivity contribution in [1.82, 2.24) is 4.57 Å². The molecule has 1 fully saturated rings. The van der Waals surface area contributed by atoms with Crippen molar-refractivity contribution in [3.05, 3.63) is 26.6 Å². The highest BCUT2D eigenvalue weighted by molar-refractivity contribution is 9.10. The van der Waals surface area contributed by atoms with Crippen LogP contribution < -0.4 is 10.9 Å². The van der Waals surface area contributed by atoms with Crippen LogP contribution in [-0.2, 0) is 11.3 Å². The van der Waals surface area contributed by atoms with Gasteiger partial charge in [-0.05, 0) is 47.7 Å². The standard InChI is InChI=1S/C19H29BrN2O2/c1-3-4-9-12-22-13-16(20)14(2)17(19(22)24)21-18(23)15-10-7-5-6-8-11-15/h13,15H,3-12H2,1-2H3,(H,21,23). The van der Waals surface area contributed by atoms with Crippen molar-refractivity contribution < 1.29 is 4.79 Å². The minimum Gasteiger partial charge on any atom is -0.321 e. The van der Waals surface area contributed by atoms with Gasteiger partial charge in [-0.3, -0.25) is 9.59 Å². The zero-order valence-electron chi connectivity index (χ0n) is 14.9. The van der Waals surface area contributed by atoms with E-state index in [9.17, 15) is 9.59 Å². The van der Waals surface area contributed by atoms with Gasteiger partial charge in [0, 0.05) is 23.1 Å². The molecule has 1 aliphatic rings. The molecule has 1 aromatic rings. The van der Waals surface area contributed by atoms with E-state index in [-0.39, 0.29) is 17.4 Å². The third-order valence-corrected chi connectivity index (χ3v) is 5.75. The first-order valence-corrected chi connectivity index (χ1v) is 10.0. The van der Waals surface area contributed by atoms with Crippen LogP contribution in [0.3, 0.4) is 0 Å². The summed E-state index contributed by atoms with van der Waals surface area (Å²) in [6.45, 7) is 4.72. The molecule has 0 radical (unpaired) electrons. The van der Waals surface area contributed by atoms with Crippen molar-refractivity contribution in [2.45, 2.75) is 78.2 Å². The summed E-state index contributed by atoms with van der Waals surface area (Å²) in [4.78, 5) is 25.4. The number of nitrogens with one attached hydrogen (secondary N) is 1. The molecular weight excluding hydrogens is 368 g/mol. The quantitative estimate of drug-likeness (QED) is 0.541. The normalized spacial score (nSPS) is 16.0. The fraction of sp³-hybridized carbons (Fsp3) is 0.684. The lowest BCUT2D eigenvalue weighted by Gasteiger charge is -2.17. The van der Waals surface area contributed by atoms with Crippen LogP contribution in [0.4, 0.5) is 5.69 Å². The Morgan fingerprint density at radius 3 is 2.54 bits per heavy atom. The molecule has 0 atom stereocenters. The number of hydrogen-bond donors (Lipinski definition) is 1. The molecule has 24 heavy (non-hydrogen) atoms. The predicted octanol–water partition coefficient (Wildman–Crippen LogP) is 5.02. The number of aromatic nitrogens is 1. The first-order valence-electron chi connectivity index (χ1n) is 9.25. The smallest absolute Gasteiger partial charge is 0.274 e. The van der Waals surface area contributed by atoms with Gasteiger partial charge in [0.15, 0.2) is 0 Å². The molecule has 1 saturated carbocycles. The van der Waals surface area contributed by atoms with Crippen molar-refractivity contribution in [3.8, 4) is 0 Å². The van der Waals surface area contributed by atoms with Crippen molar-refractivity contribution >= 4 is 27.5 Å². The Hall–Kier alpha value is -1.10. The van der Waals surface area contributed by atoms with Gasteiger partial charge in [-0.2, -0.15) is 0 Å². The van der Waals surface area contributed by atoms with Gasteiger partial charge < -0.3 is 9.88 Å². The summed E-state index contributed by atoms with van der Waals surface area (Å²) >= 11 is 3.53. The average molecular weight is 397 g/mol. The number of pyridine rings is 1. The molecule has 1 amide bonds. The number of aryl methyl sites for hydroxylation is 1. The largest absolute Gasteiger partial charge is 0.321 e. The van der Waals surface area contributed by atoms with E-state index < -0.39 is 0 Å². The number of carbonyl (C=O) groups is 1. The molecule has 1 N–H and O–H groups in total. The molecule has 1 aliphatic carbocycles. The number of anilines is 1. The van der Waals surface area contributed by atoms with E-state index in [2.05, 4.69) is 28.2 Å². The highest BCUT2D eigenvalue weighted by Gasteiger charge is 2.22. The fourth-order valence-corrected chi connectivity index (χ4v) is 3.77. The second-order valence-corrected chi connectivity index (χ2v) is 7.71. The minimum absolute atomic E-state index is 0.00954. The van der Waals surface area contributed by atoms with E-state index in [1.54, 1.807) is 4.57 Å². The van der Waals surface area contributed by atoms with Crippen LogP contribution in [0.5, 0.6) is 0 Å². The van der Waals surface area contributed by atoms with Gasteiger partial charge in [0.05, 0.1) is 0 Å². The topological polar surface area (TPSA) is 51.1 Å². The number of amides is 1. The Labute approximate surface area is 153 Å². The summed E-state index contributed by atoms with van der Waals surface area (Å²) in [5.74, 6) is 0.0501. The van der Waals surface area contributed by atoms with Crippen LogP contribution in [0, 0.1) is 12.8 Å². The van der Waals surface area contributed by atoms with Crippen molar-refractivity contribution in [2.24, 2.45) is 5.92 Å². The Morgan fingerprint density at radius 2 is 1.92 bits per heavy atom. The molecule has 0 aliphatic heterocycles. The molecule has 0 aromatic carbocycles. The molecular formula is C19H29BrN2O2. The van der Waals surface area contributed by atoms with Gasteiger partial charge in [0.1, 0.15) is 5.69 Å². The molecule has 2 rings (SSSR count). The number of rotatable bonds is 6. The van der Waals surface area contributed by atoms with Crippen LogP contribution in [-0.4, -0.2) is 10.5 Å². The van der Waals surface area contributed by atoms with Gasteiger partial charge in [-0.1, -0.05) is 45.4 Å². The fourth-order valence-electron chi connectivity index (χ4n) is 3.33. The Morgan fingerprint density at radius 1 is 1.25 bits per heavy atom. The summed E-state index contributed by atoms with van der Waals surface area (Å²) < 4.78 is 2.59. The van der Waals surface area contributed by atoms with E-state index in [0.717, 1.165) is 55.0 Å². The second kappa shape index (κ2) is 9.40. The van der Waals surface area contributed by atoms with E-state index in [1.807, 2.05) is 13.1 Å². The lowest BCUT2D eigenvalue weighted by atomic mass is 9.99. The number of unbranched alkanes of at least 4 members (excludes halogenated alkanes) is 2. The zero-order chi connectivity index (χ0) is 17.5. The van der Waals surface area contributed by atoms with Gasteiger partial charge in [-0.15, -0.1) is 0 Å². The Kier molecular flexibility index (Phi) is 7.53. The number of halogens is 1. The summed E-state index contributed by atoms with van der Waals surface area (Å²) in [5, 5.41) is 2.95. The maximum Gasteiger partial charge on any atom is 0.274 e. The molecule has 0 unspecified atom stereocenters. The molecule has 134 valence electrons. The molecule has 0 bridgehead atoms. The van der Waals surface area contributed by atoms with E-state index >= 15 is 0 Å². The predicted molar refractivity (Wildman–Crippen MR) is 102 cm³/mol. The van der Waals surface area contributed by atoms with Crippen LogP contribution >= 0.6 is 15.9 Å². The second-order valence-electron chi connectivity index (χ2n) is 6.86. The summed E-state index contributed by atoms with van der Waals surface area (Å²) in [6.07, 6.45) is 11.5. The van der Waals surface area contributed by atoms with E-state index in [4.69, 9.17) is 0 Å². The highest BCUT2D eigenvalue weighted by Crippen LogP contribution is 2.26. The van der Waals surface area contributed by atoms with Crippen LogP contribution in [0.25, 0.3) is 0 Å². The third kappa shape index (κ3) is 4.95. The average Bonchev–Trinajstić information content (AvgIpc) is 2.85. The van der Waals surface area contributed by atoms with Gasteiger partial charge in [-0.25, -0.2) is 0 Å². The number of nitrogens with zero attached hydrogens (tertiary/aromatic N) is 1. The molecule has 4 nitrogen and oxygen atoms in total. The molecule has 1 aromatic heterocycles. The van der Waals surface area contributed by atoms with Crippen LogP contribution in [0.1, 0.15) is 70.3 Å². The Balaban J connectivity index is 2.18. The molecule has 5 heteroatoms. The monoisotopic (exact) mass is 396 g/mol. The summed E-state index contributed by atoms with van der Waals surface area (Å²) in [7, 11) is 0. The summed E-state index contributed by atoms with van der Waals surface area (Å²) in [5.41, 5.74) is 1.16. The number of carbonyl (C=O) groups excluding carboxylic acids is 1. The maximum atomic E-state index is 12.7. The van der Waals surface area contributed by atoms with Gasteiger partial charge in [0.25, 0.3) is 5.56 Å². The highest BCUT2D eigenvalue weighted by atomic mass is 79.9. The zero-order valence-corrected chi connectivity index (χ0v) is 16.5.